The first-order valence-electron chi connectivity index (χ1n) is 7.40. The lowest BCUT2D eigenvalue weighted by Crippen LogP contribution is -2.37. The SMILES string of the molecule is Cc1ccn(-c2ccccc2C(C)C)c1-n1ccc[n+]1C. The Morgan fingerprint density at radius 1 is 1.00 bits per heavy atom. The largest absolute Gasteiger partial charge is 0.298 e. The minimum Gasteiger partial charge on any atom is -0.298 e. The van der Waals surface area contributed by atoms with E-state index in [1.165, 1.54) is 22.6 Å². The summed E-state index contributed by atoms with van der Waals surface area (Å²) in [6.07, 6.45) is 6.31. The van der Waals surface area contributed by atoms with Gasteiger partial charge in [0.25, 0.3) is 0 Å². The summed E-state index contributed by atoms with van der Waals surface area (Å²) in [6, 6.07) is 12.9. The zero-order chi connectivity index (χ0) is 15.0. The molecular weight excluding hydrogens is 258 g/mol. The van der Waals surface area contributed by atoms with E-state index in [0.29, 0.717) is 5.92 Å². The highest BCUT2D eigenvalue weighted by atomic mass is 15.4. The fraction of sp³-hybridized carbons (Fsp3) is 0.278. The number of hydrogen-bond acceptors (Lipinski definition) is 0. The summed E-state index contributed by atoms with van der Waals surface area (Å²) in [6.45, 7) is 6.64. The fourth-order valence-electron chi connectivity index (χ4n) is 2.84. The van der Waals surface area contributed by atoms with E-state index in [4.69, 9.17) is 0 Å². The summed E-state index contributed by atoms with van der Waals surface area (Å²) < 4.78 is 6.55. The van der Waals surface area contributed by atoms with Crippen molar-refractivity contribution in [2.75, 3.05) is 0 Å². The van der Waals surface area contributed by atoms with E-state index in [-0.39, 0.29) is 0 Å². The van der Waals surface area contributed by atoms with Crippen LogP contribution in [0.4, 0.5) is 0 Å². The van der Waals surface area contributed by atoms with Gasteiger partial charge in [-0.15, -0.1) is 9.36 Å². The number of rotatable bonds is 3. The number of nitrogens with zero attached hydrogens (tertiary/aromatic N) is 3. The van der Waals surface area contributed by atoms with Crippen molar-refractivity contribution >= 4 is 0 Å². The van der Waals surface area contributed by atoms with Crippen LogP contribution in [0.15, 0.2) is 55.0 Å². The summed E-state index contributed by atoms with van der Waals surface area (Å²) in [7, 11) is 2.06. The number of hydrogen-bond donors (Lipinski definition) is 0. The van der Waals surface area contributed by atoms with Crippen LogP contribution in [-0.4, -0.2) is 9.25 Å². The van der Waals surface area contributed by atoms with Crippen LogP contribution < -0.4 is 4.68 Å². The molecule has 0 unspecified atom stereocenters. The summed E-state index contributed by atoms with van der Waals surface area (Å²) in [5, 5.41) is 0. The Morgan fingerprint density at radius 3 is 2.43 bits per heavy atom. The lowest BCUT2D eigenvalue weighted by Gasteiger charge is -2.16. The van der Waals surface area contributed by atoms with Gasteiger partial charge in [-0.05, 0) is 36.1 Å². The maximum Gasteiger partial charge on any atom is 0.195 e. The van der Waals surface area contributed by atoms with Gasteiger partial charge in [-0.1, -0.05) is 32.0 Å². The van der Waals surface area contributed by atoms with Crippen LogP contribution in [0.3, 0.4) is 0 Å². The molecule has 0 bridgehead atoms. The third-order valence-electron chi connectivity index (χ3n) is 3.96. The summed E-state index contributed by atoms with van der Waals surface area (Å²) in [5.41, 5.74) is 3.88. The molecule has 108 valence electrons. The summed E-state index contributed by atoms with van der Waals surface area (Å²) >= 11 is 0. The molecule has 0 saturated heterocycles. The molecular formula is C18H22N3+. The van der Waals surface area contributed by atoms with Crippen LogP contribution >= 0.6 is 0 Å². The van der Waals surface area contributed by atoms with Gasteiger partial charge in [0.2, 0.25) is 0 Å². The van der Waals surface area contributed by atoms with Crippen LogP contribution in [-0.2, 0) is 7.05 Å². The lowest BCUT2D eigenvalue weighted by atomic mass is 10.0. The van der Waals surface area contributed by atoms with Gasteiger partial charge in [-0.25, -0.2) is 0 Å². The Balaban J connectivity index is 2.25. The average Bonchev–Trinajstić information content (AvgIpc) is 3.04. The van der Waals surface area contributed by atoms with Gasteiger partial charge >= 0.3 is 0 Å². The van der Waals surface area contributed by atoms with Gasteiger partial charge in [0.15, 0.2) is 19.1 Å². The average molecular weight is 280 g/mol. The van der Waals surface area contributed by atoms with E-state index in [0.717, 1.165) is 0 Å². The number of aromatic nitrogens is 3. The van der Waals surface area contributed by atoms with Crippen molar-refractivity contribution in [2.45, 2.75) is 26.7 Å². The van der Waals surface area contributed by atoms with E-state index in [1.807, 2.05) is 0 Å². The van der Waals surface area contributed by atoms with Gasteiger partial charge in [0.1, 0.15) is 0 Å². The quantitative estimate of drug-likeness (QED) is 0.652. The Kier molecular flexibility index (Phi) is 3.42. The first-order valence-corrected chi connectivity index (χ1v) is 7.40. The van der Waals surface area contributed by atoms with Crippen molar-refractivity contribution in [3.8, 4) is 11.5 Å². The lowest BCUT2D eigenvalue weighted by molar-refractivity contribution is -0.744. The Hall–Kier alpha value is -2.29. The number of para-hydroxylation sites is 1. The summed E-state index contributed by atoms with van der Waals surface area (Å²) in [4.78, 5) is 0. The second kappa shape index (κ2) is 5.24. The maximum absolute atomic E-state index is 2.28. The molecule has 0 amide bonds. The molecule has 1 aromatic carbocycles. The van der Waals surface area contributed by atoms with Crippen molar-refractivity contribution in [1.82, 2.24) is 9.25 Å². The monoisotopic (exact) mass is 280 g/mol. The molecule has 21 heavy (non-hydrogen) atoms. The van der Waals surface area contributed by atoms with Crippen molar-refractivity contribution in [1.29, 1.82) is 0 Å². The van der Waals surface area contributed by atoms with E-state index < -0.39 is 0 Å². The third kappa shape index (κ3) is 2.29. The van der Waals surface area contributed by atoms with Crippen LogP contribution in [0.2, 0.25) is 0 Å². The molecule has 0 spiro atoms. The van der Waals surface area contributed by atoms with E-state index in [9.17, 15) is 0 Å². The van der Waals surface area contributed by atoms with E-state index in [2.05, 4.69) is 96.7 Å². The van der Waals surface area contributed by atoms with Crippen LogP contribution in [0.25, 0.3) is 11.5 Å². The molecule has 0 fully saturated rings. The predicted octanol–water partition coefficient (Wildman–Crippen LogP) is 3.52. The second-order valence-corrected chi connectivity index (χ2v) is 5.81. The molecule has 0 radical (unpaired) electrons. The molecule has 3 nitrogen and oxygen atoms in total. The van der Waals surface area contributed by atoms with Crippen LogP contribution in [0, 0.1) is 6.92 Å². The smallest absolute Gasteiger partial charge is 0.195 e. The molecule has 0 atom stereocenters. The zero-order valence-corrected chi connectivity index (χ0v) is 13.1. The topological polar surface area (TPSA) is 13.7 Å². The van der Waals surface area contributed by atoms with Gasteiger partial charge in [0, 0.05) is 12.3 Å². The fourth-order valence-corrected chi connectivity index (χ4v) is 2.84. The van der Waals surface area contributed by atoms with Gasteiger partial charge < -0.3 is 0 Å². The van der Waals surface area contributed by atoms with Gasteiger partial charge in [-0.3, -0.25) is 4.57 Å². The van der Waals surface area contributed by atoms with Crippen molar-refractivity contribution in [3.05, 3.63) is 66.1 Å². The molecule has 0 aliphatic rings. The minimum absolute atomic E-state index is 0.496. The highest BCUT2D eigenvalue weighted by molar-refractivity contribution is 5.50. The first-order chi connectivity index (χ1) is 10.1. The molecule has 0 aliphatic carbocycles. The van der Waals surface area contributed by atoms with E-state index >= 15 is 0 Å². The molecule has 0 aliphatic heterocycles. The van der Waals surface area contributed by atoms with Crippen molar-refractivity contribution in [2.24, 2.45) is 7.05 Å². The predicted molar refractivity (Wildman–Crippen MR) is 85.1 cm³/mol. The molecule has 3 rings (SSSR count). The Morgan fingerprint density at radius 2 is 1.76 bits per heavy atom. The minimum atomic E-state index is 0.496. The zero-order valence-electron chi connectivity index (χ0n) is 13.1. The van der Waals surface area contributed by atoms with Gasteiger partial charge in [-0.2, -0.15) is 0 Å². The van der Waals surface area contributed by atoms with Crippen LogP contribution in [0.1, 0.15) is 30.9 Å². The van der Waals surface area contributed by atoms with Crippen LogP contribution in [0.5, 0.6) is 0 Å². The summed E-state index contributed by atoms with van der Waals surface area (Å²) in [5.74, 6) is 1.69. The standard InChI is InChI=1S/C18H22N3/c1-14(2)16-8-5-6-9-17(16)20-13-10-15(3)18(20)21-12-7-11-19(21)4/h5-14H,1-4H3/q+1. The highest BCUT2D eigenvalue weighted by Crippen LogP contribution is 2.26. The molecule has 2 heterocycles. The number of aryl methyl sites for hydroxylation is 2. The highest BCUT2D eigenvalue weighted by Gasteiger charge is 2.17. The molecule has 0 saturated carbocycles. The number of benzene rings is 1. The van der Waals surface area contributed by atoms with Crippen molar-refractivity contribution < 1.29 is 4.68 Å². The molecule has 0 N–H and O–H groups in total. The Labute approximate surface area is 126 Å². The van der Waals surface area contributed by atoms with Gasteiger partial charge in [0.05, 0.1) is 11.9 Å². The molecule has 3 heteroatoms. The second-order valence-electron chi connectivity index (χ2n) is 5.81. The normalized spacial score (nSPS) is 11.3. The Bertz CT molecular complexity index is 762. The first kappa shape index (κ1) is 13.7. The van der Waals surface area contributed by atoms with E-state index in [1.54, 1.807) is 0 Å². The van der Waals surface area contributed by atoms with Crippen molar-refractivity contribution in [3.63, 3.8) is 0 Å². The third-order valence-corrected chi connectivity index (χ3v) is 3.96. The molecule has 2 aromatic heterocycles. The maximum atomic E-state index is 2.28. The molecule has 3 aromatic rings.